The van der Waals surface area contributed by atoms with E-state index in [9.17, 15) is 9.50 Å². The fraction of sp³-hybridized carbons (Fsp3) is 0.143. The van der Waals surface area contributed by atoms with Crippen LogP contribution in [0.5, 0.6) is 11.5 Å². The van der Waals surface area contributed by atoms with Crippen LogP contribution in [-0.2, 0) is 0 Å². The number of rotatable bonds is 3. The molecule has 0 bridgehead atoms. The number of aliphatic hydroxyl groups is 1. The van der Waals surface area contributed by atoms with E-state index in [0.717, 1.165) is 0 Å². The maximum absolute atomic E-state index is 12.7. The summed E-state index contributed by atoms with van der Waals surface area (Å²) in [6.45, 7) is 1.66. The molecule has 0 heterocycles. The third-order valence-electron chi connectivity index (χ3n) is 2.48. The van der Waals surface area contributed by atoms with Gasteiger partial charge < -0.3 is 9.84 Å². The van der Waals surface area contributed by atoms with Crippen LogP contribution in [0.3, 0.4) is 0 Å². The van der Waals surface area contributed by atoms with Crippen molar-refractivity contribution in [1.82, 2.24) is 0 Å². The maximum atomic E-state index is 12.7. The van der Waals surface area contributed by atoms with Crippen molar-refractivity contribution in [2.75, 3.05) is 0 Å². The summed E-state index contributed by atoms with van der Waals surface area (Å²) in [5.41, 5.74) is 0.714. The summed E-state index contributed by atoms with van der Waals surface area (Å²) < 4.78 is 18.3. The molecule has 2 aromatic rings. The smallest absolute Gasteiger partial charge is 0.146 e. The van der Waals surface area contributed by atoms with Gasteiger partial charge in [-0.05, 0) is 48.9 Å². The fourth-order valence-electron chi connectivity index (χ4n) is 1.49. The van der Waals surface area contributed by atoms with Crippen LogP contribution in [0.4, 0.5) is 4.39 Å². The highest BCUT2D eigenvalue weighted by Gasteiger charge is 2.07. The zero-order valence-corrected chi connectivity index (χ0v) is 10.5. The van der Waals surface area contributed by atoms with Gasteiger partial charge in [0.2, 0.25) is 0 Å². The summed E-state index contributed by atoms with van der Waals surface area (Å²) >= 11 is 6.04. The molecule has 0 spiro atoms. The van der Waals surface area contributed by atoms with Crippen LogP contribution in [0.25, 0.3) is 0 Å². The first-order valence-electron chi connectivity index (χ1n) is 5.47. The zero-order chi connectivity index (χ0) is 13.1. The Labute approximate surface area is 110 Å². The van der Waals surface area contributed by atoms with E-state index in [0.29, 0.717) is 22.1 Å². The first-order chi connectivity index (χ1) is 8.56. The number of benzene rings is 2. The Morgan fingerprint density at radius 1 is 1.17 bits per heavy atom. The first-order valence-corrected chi connectivity index (χ1v) is 5.85. The molecule has 0 aliphatic carbocycles. The third kappa shape index (κ3) is 3.00. The van der Waals surface area contributed by atoms with Gasteiger partial charge in [-0.3, -0.25) is 0 Å². The summed E-state index contributed by atoms with van der Waals surface area (Å²) in [5.74, 6) is 0.647. The first kappa shape index (κ1) is 12.9. The molecule has 0 amide bonds. The number of hydrogen-bond donors (Lipinski definition) is 1. The van der Waals surface area contributed by atoms with Crippen molar-refractivity contribution in [1.29, 1.82) is 0 Å². The molecule has 18 heavy (non-hydrogen) atoms. The largest absolute Gasteiger partial charge is 0.456 e. The van der Waals surface area contributed by atoms with Crippen molar-refractivity contribution in [3.63, 3.8) is 0 Å². The Morgan fingerprint density at radius 2 is 1.83 bits per heavy atom. The molecule has 1 atom stereocenters. The topological polar surface area (TPSA) is 29.5 Å². The minimum absolute atomic E-state index is 0.321. The molecule has 1 N–H and O–H groups in total. The average Bonchev–Trinajstić information content (AvgIpc) is 2.34. The standard InChI is InChI=1S/C14H12ClFO2/c1-9(17)10-2-7-14(13(15)8-10)18-12-5-3-11(16)4-6-12/h2-9,17H,1H3/t9-/m1/s1. The molecule has 0 unspecified atom stereocenters. The average molecular weight is 267 g/mol. The van der Waals surface area contributed by atoms with E-state index in [4.69, 9.17) is 16.3 Å². The monoisotopic (exact) mass is 266 g/mol. The normalized spacial score (nSPS) is 12.2. The number of hydrogen-bond acceptors (Lipinski definition) is 2. The Balaban J connectivity index is 2.22. The van der Waals surface area contributed by atoms with Crippen LogP contribution in [0.2, 0.25) is 5.02 Å². The Kier molecular flexibility index (Phi) is 3.84. The Morgan fingerprint density at radius 3 is 2.39 bits per heavy atom. The molecule has 0 radical (unpaired) electrons. The van der Waals surface area contributed by atoms with Gasteiger partial charge in [0.25, 0.3) is 0 Å². The number of aliphatic hydroxyl groups excluding tert-OH is 1. The van der Waals surface area contributed by atoms with Gasteiger partial charge in [0, 0.05) is 0 Å². The molecule has 0 aliphatic rings. The number of halogens is 2. The highest BCUT2D eigenvalue weighted by atomic mass is 35.5. The summed E-state index contributed by atoms with van der Waals surface area (Å²) in [7, 11) is 0. The summed E-state index contributed by atoms with van der Waals surface area (Å²) in [6, 6.07) is 10.7. The van der Waals surface area contributed by atoms with Gasteiger partial charge in [0.15, 0.2) is 0 Å². The van der Waals surface area contributed by atoms with E-state index >= 15 is 0 Å². The molecule has 0 fully saturated rings. The lowest BCUT2D eigenvalue weighted by atomic mass is 10.1. The second-order valence-corrected chi connectivity index (χ2v) is 4.33. The van der Waals surface area contributed by atoms with Crippen LogP contribution in [-0.4, -0.2) is 5.11 Å². The molecule has 0 aliphatic heterocycles. The zero-order valence-electron chi connectivity index (χ0n) is 9.73. The van der Waals surface area contributed by atoms with Gasteiger partial charge >= 0.3 is 0 Å². The molecule has 2 rings (SSSR count). The van der Waals surface area contributed by atoms with Gasteiger partial charge in [0.1, 0.15) is 17.3 Å². The predicted octanol–water partition coefficient (Wildman–Crippen LogP) is 4.32. The molecule has 2 nitrogen and oxygen atoms in total. The summed E-state index contributed by atoms with van der Waals surface area (Å²) in [5, 5.41) is 9.82. The SMILES string of the molecule is C[C@@H](O)c1ccc(Oc2ccc(F)cc2)c(Cl)c1. The molecule has 4 heteroatoms. The lowest BCUT2D eigenvalue weighted by Gasteiger charge is -2.10. The quantitative estimate of drug-likeness (QED) is 0.896. The third-order valence-corrected chi connectivity index (χ3v) is 2.78. The van der Waals surface area contributed by atoms with E-state index in [1.165, 1.54) is 24.3 Å². The number of ether oxygens (including phenoxy) is 1. The van der Waals surface area contributed by atoms with E-state index in [-0.39, 0.29) is 5.82 Å². The minimum Gasteiger partial charge on any atom is -0.456 e. The Bertz CT molecular complexity index is 538. The van der Waals surface area contributed by atoms with Crippen LogP contribution < -0.4 is 4.74 Å². The molecule has 94 valence electrons. The molecule has 0 aromatic heterocycles. The molecular weight excluding hydrogens is 255 g/mol. The second-order valence-electron chi connectivity index (χ2n) is 3.92. The second kappa shape index (κ2) is 5.38. The van der Waals surface area contributed by atoms with Gasteiger partial charge in [-0.15, -0.1) is 0 Å². The van der Waals surface area contributed by atoms with Gasteiger partial charge in [-0.1, -0.05) is 17.7 Å². The van der Waals surface area contributed by atoms with Gasteiger partial charge in [0.05, 0.1) is 11.1 Å². The van der Waals surface area contributed by atoms with E-state index < -0.39 is 6.10 Å². The van der Waals surface area contributed by atoms with Crippen molar-refractivity contribution in [3.05, 3.63) is 58.9 Å². The summed E-state index contributed by atoms with van der Waals surface area (Å²) in [4.78, 5) is 0. The molecule has 2 aromatic carbocycles. The Hall–Kier alpha value is -1.58. The van der Waals surface area contributed by atoms with Crippen molar-refractivity contribution < 1.29 is 14.2 Å². The summed E-state index contributed by atoms with van der Waals surface area (Å²) in [6.07, 6.45) is -0.581. The molecule has 0 saturated carbocycles. The predicted molar refractivity (Wildman–Crippen MR) is 68.6 cm³/mol. The van der Waals surface area contributed by atoms with E-state index in [2.05, 4.69) is 0 Å². The highest BCUT2D eigenvalue weighted by molar-refractivity contribution is 6.32. The molecule has 0 saturated heterocycles. The van der Waals surface area contributed by atoms with E-state index in [1.807, 2.05) is 0 Å². The van der Waals surface area contributed by atoms with Gasteiger partial charge in [-0.25, -0.2) is 4.39 Å². The van der Waals surface area contributed by atoms with E-state index in [1.54, 1.807) is 25.1 Å². The fourth-order valence-corrected chi connectivity index (χ4v) is 1.72. The maximum Gasteiger partial charge on any atom is 0.146 e. The van der Waals surface area contributed by atoms with Crippen LogP contribution in [0.1, 0.15) is 18.6 Å². The highest BCUT2D eigenvalue weighted by Crippen LogP contribution is 2.31. The van der Waals surface area contributed by atoms with Crippen molar-refractivity contribution in [3.8, 4) is 11.5 Å². The van der Waals surface area contributed by atoms with Gasteiger partial charge in [-0.2, -0.15) is 0 Å². The lowest BCUT2D eigenvalue weighted by Crippen LogP contribution is -1.92. The van der Waals surface area contributed by atoms with Crippen molar-refractivity contribution in [2.24, 2.45) is 0 Å². The van der Waals surface area contributed by atoms with Crippen molar-refractivity contribution in [2.45, 2.75) is 13.0 Å². The van der Waals surface area contributed by atoms with Crippen molar-refractivity contribution >= 4 is 11.6 Å². The van der Waals surface area contributed by atoms with Crippen LogP contribution in [0, 0.1) is 5.82 Å². The lowest BCUT2D eigenvalue weighted by molar-refractivity contribution is 0.199. The molecular formula is C14H12ClFO2. The van der Waals surface area contributed by atoms with Crippen LogP contribution >= 0.6 is 11.6 Å². The minimum atomic E-state index is -0.581. The van der Waals surface area contributed by atoms with Crippen LogP contribution in [0.15, 0.2) is 42.5 Å².